The van der Waals surface area contributed by atoms with Gasteiger partial charge in [0.15, 0.2) is 0 Å². The fourth-order valence-electron chi connectivity index (χ4n) is 2.77. The van der Waals surface area contributed by atoms with Gasteiger partial charge in [0.1, 0.15) is 41.3 Å². The lowest BCUT2D eigenvalue weighted by Gasteiger charge is -2.13. The Kier molecular flexibility index (Phi) is 6.08. The van der Waals surface area contributed by atoms with Crippen LogP contribution < -0.4 is 20.3 Å². The van der Waals surface area contributed by atoms with Crippen molar-refractivity contribution < 1.29 is 18.7 Å². The number of nitrogens with one attached hydrogen (secondary N) is 1. The minimum Gasteiger partial charge on any atom is -0.497 e. The molecule has 0 fully saturated rings. The summed E-state index contributed by atoms with van der Waals surface area (Å²) in [7, 11) is 2.96. The summed E-state index contributed by atoms with van der Waals surface area (Å²) in [4.78, 5) is 29.4. The molecule has 0 spiro atoms. The standard InChI is InChI=1S/C21H17FN4O4/c1-29-17-7-16(8-18(9-17)30-2)25-19(27)12-26-20(13-3-5-15(22)6-4-13)24-11-14(10-23)21(26)28/h3-9,11H,12H2,1-2H3,(H,25,27). The minimum atomic E-state index is -0.676. The third-order valence-corrected chi connectivity index (χ3v) is 4.21. The second kappa shape index (κ2) is 8.87. The molecule has 0 radical (unpaired) electrons. The van der Waals surface area contributed by atoms with Gasteiger partial charge in [0, 0.05) is 29.4 Å². The molecule has 0 unspecified atom stereocenters. The van der Waals surface area contributed by atoms with Crippen LogP contribution in [-0.2, 0) is 11.3 Å². The number of carbonyl (C=O) groups is 1. The summed E-state index contributed by atoms with van der Waals surface area (Å²) < 4.78 is 24.7. The number of carbonyl (C=O) groups excluding carboxylic acids is 1. The van der Waals surface area contributed by atoms with Crippen LogP contribution in [-0.4, -0.2) is 29.7 Å². The van der Waals surface area contributed by atoms with Crippen LogP contribution in [0.5, 0.6) is 11.5 Å². The zero-order valence-electron chi connectivity index (χ0n) is 16.2. The molecule has 1 N–H and O–H groups in total. The fraction of sp³-hybridized carbons (Fsp3) is 0.143. The van der Waals surface area contributed by atoms with E-state index in [4.69, 9.17) is 14.7 Å². The number of hydrogen-bond donors (Lipinski definition) is 1. The van der Waals surface area contributed by atoms with Crippen LogP contribution in [0.2, 0.25) is 0 Å². The highest BCUT2D eigenvalue weighted by atomic mass is 19.1. The fourth-order valence-corrected chi connectivity index (χ4v) is 2.77. The summed E-state index contributed by atoms with van der Waals surface area (Å²) in [5, 5.41) is 11.8. The quantitative estimate of drug-likeness (QED) is 0.672. The smallest absolute Gasteiger partial charge is 0.272 e. The maximum Gasteiger partial charge on any atom is 0.272 e. The van der Waals surface area contributed by atoms with Crippen LogP contribution in [0.25, 0.3) is 11.4 Å². The molecule has 0 aliphatic rings. The summed E-state index contributed by atoms with van der Waals surface area (Å²) in [6, 6.07) is 11.9. The van der Waals surface area contributed by atoms with Gasteiger partial charge in [0.25, 0.3) is 5.56 Å². The van der Waals surface area contributed by atoms with E-state index < -0.39 is 23.8 Å². The van der Waals surface area contributed by atoms with E-state index in [0.29, 0.717) is 22.7 Å². The number of halogens is 1. The molecule has 8 nitrogen and oxygen atoms in total. The molecule has 2 aromatic carbocycles. The van der Waals surface area contributed by atoms with E-state index in [-0.39, 0.29) is 11.4 Å². The monoisotopic (exact) mass is 408 g/mol. The van der Waals surface area contributed by atoms with Crippen molar-refractivity contribution in [1.82, 2.24) is 9.55 Å². The summed E-state index contributed by atoms with van der Waals surface area (Å²) >= 11 is 0. The van der Waals surface area contributed by atoms with Crippen molar-refractivity contribution in [2.24, 2.45) is 0 Å². The number of nitrogens with zero attached hydrogens (tertiary/aromatic N) is 3. The number of aromatic nitrogens is 2. The molecule has 0 bridgehead atoms. The van der Waals surface area contributed by atoms with Crippen LogP contribution in [0.4, 0.5) is 10.1 Å². The van der Waals surface area contributed by atoms with Crippen molar-refractivity contribution >= 4 is 11.6 Å². The van der Waals surface area contributed by atoms with E-state index in [1.54, 1.807) is 24.3 Å². The molecule has 3 rings (SSSR count). The van der Waals surface area contributed by atoms with Crippen LogP contribution in [0.1, 0.15) is 5.56 Å². The Hall–Kier alpha value is -4.19. The first-order valence-corrected chi connectivity index (χ1v) is 8.74. The van der Waals surface area contributed by atoms with Crippen LogP contribution >= 0.6 is 0 Å². The molecule has 9 heteroatoms. The molecule has 152 valence electrons. The predicted octanol–water partition coefficient (Wildman–Crippen LogP) is 2.58. The van der Waals surface area contributed by atoms with E-state index in [1.165, 1.54) is 38.5 Å². The first kappa shape index (κ1) is 20.5. The number of nitriles is 1. The van der Waals surface area contributed by atoms with Gasteiger partial charge in [-0.25, -0.2) is 9.37 Å². The number of hydrogen-bond acceptors (Lipinski definition) is 6. The molecular formula is C21H17FN4O4. The van der Waals surface area contributed by atoms with Gasteiger partial charge in [-0.3, -0.25) is 14.2 Å². The van der Waals surface area contributed by atoms with E-state index >= 15 is 0 Å². The molecule has 1 heterocycles. The van der Waals surface area contributed by atoms with Crippen molar-refractivity contribution in [1.29, 1.82) is 5.26 Å². The van der Waals surface area contributed by atoms with Gasteiger partial charge >= 0.3 is 0 Å². The zero-order valence-corrected chi connectivity index (χ0v) is 16.2. The Morgan fingerprint density at radius 1 is 1.17 bits per heavy atom. The number of ether oxygens (including phenoxy) is 2. The summed E-state index contributed by atoms with van der Waals surface area (Å²) in [6.07, 6.45) is 1.13. The largest absolute Gasteiger partial charge is 0.497 e. The molecule has 0 saturated carbocycles. The topological polar surface area (TPSA) is 106 Å². The van der Waals surface area contributed by atoms with E-state index in [9.17, 15) is 14.0 Å². The maximum absolute atomic E-state index is 13.3. The minimum absolute atomic E-state index is 0.136. The van der Waals surface area contributed by atoms with Crippen molar-refractivity contribution in [3.05, 3.63) is 70.4 Å². The second-order valence-corrected chi connectivity index (χ2v) is 6.15. The van der Waals surface area contributed by atoms with Crippen molar-refractivity contribution in [2.75, 3.05) is 19.5 Å². The number of amides is 1. The highest BCUT2D eigenvalue weighted by Crippen LogP contribution is 2.26. The van der Waals surface area contributed by atoms with E-state index in [0.717, 1.165) is 10.8 Å². The Balaban J connectivity index is 1.95. The van der Waals surface area contributed by atoms with Gasteiger partial charge in [0.05, 0.1) is 20.4 Å². The normalized spacial score (nSPS) is 10.2. The first-order valence-electron chi connectivity index (χ1n) is 8.74. The first-order chi connectivity index (χ1) is 14.4. The van der Waals surface area contributed by atoms with Gasteiger partial charge in [0.2, 0.25) is 5.91 Å². The Labute approximate surface area is 171 Å². The van der Waals surface area contributed by atoms with Crippen molar-refractivity contribution in [3.63, 3.8) is 0 Å². The van der Waals surface area contributed by atoms with Crippen LogP contribution in [0.15, 0.2) is 53.5 Å². The lowest BCUT2D eigenvalue weighted by Crippen LogP contribution is -2.31. The SMILES string of the molecule is COc1cc(NC(=O)Cn2c(-c3ccc(F)cc3)ncc(C#N)c2=O)cc(OC)c1. The summed E-state index contributed by atoms with van der Waals surface area (Å²) in [6.45, 7) is -0.409. The van der Waals surface area contributed by atoms with Crippen LogP contribution in [0.3, 0.4) is 0 Å². The highest BCUT2D eigenvalue weighted by molar-refractivity contribution is 5.91. The predicted molar refractivity (Wildman–Crippen MR) is 107 cm³/mol. The molecule has 0 saturated heterocycles. The number of benzene rings is 2. The third-order valence-electron chi connectivity index (χ3n) is 4.21. The molecule has 30 heavy (non-hydrogen) atoms. The molecule has 1 amide bonds. The van der Waals surface area contributed by atoms with Gasteiger partial charge in [-0.1, -0.05) is 0 Å². The Bertz CT molecular complexity index is 1160. The number of anilines is 1. The lowest BCUT2D eigenvalue weighted by molar-refractivity contribution is -0.116. The van der Waals surface area contributed by atoms with Gasteiger partial charge in [-0.15, -0.1) is 0 Å². The van der Waals surface area contributed by atoms with Gasteiger partial charge < -0.3 is 14.8 Å². The zero-order chi connectivity index (χ0) is 21.7. The molecule has 1 aromatic heterocycles. The van der Waals surface area contributed by atoms with Gasteiger partial charge in [-0.2, -0.15) is 5.26 Å². The van der Waals surface area contributed by atoms with Crippen LogP contribution in [0, 0.1) is 17.1 Å². The van der Waals surface area contributed by atoms with Crippen molar-refractivity contribution in [3.8, 4) is 29.0 Å². The average molecular weight is 408 g/mol. The summed E-state index contributed by atoms with van der Waals surface area (Å²) in [5.74, 6) is 0.0972. The molecule has 0 aliphatic carbocycles. The molecule has 0 aliphatic heterocycles. The number of methoxy groups -OCH3 is 2. The molecule has 3 aromatic rings. The third kappa shape index (κ3) is 4.44. The number of rotatable bonds is 6. The highest BCUT2D eigenvalue weighted by Gasteiger charge is 2.16. The van der Waals surface area contributed by atoms with E-state index in [2.05, 4.69) is 10.3 Å². The molecule has 0 atom stereocenters. The average Bonchev–Trinajstić information content (AvgIpc) is 2.75. The molecular weight excluding hydrogens is 391 g/mol. The lowest BCUT2D eigenvalue weighted by atomic mass is 10.2. The Morgan fingerprint density at radius 2 is 1.80 bits per heavy atom. The van der Waals surface area contributed by atoms with Crippen molar-refractivity contribution in [2.45, 2.75) is 6.54 Å². The van der Waals surface area contributed by atoms with E-state index in [1.807, 2.05) is 0 Å². The second-order valence-electron chi connectivity index (χ2n) is 6.15. The maximum atomic E-state index is 13.3. The summed E-state index contributed by atoms with van der Waals surface area (Å²) in [5.41, 5.74) is -0.0623. The Morgan fingerprint density at radius 3 is 2.37 bits per heavy atom. The van der Waals surface area contributed by atoms with Gasteiger partial charge in [-0.05, 0) is 24.3 Å².